The quantitative estimate of drug-likeness (QED) is 0.804. The van der Waals surface area contributed by atoms with Crippen LogP contribution in [0, 0.1) is 11.8 Å². The Bertz CT molecular complexity index is 389. The molecule has 1 N–H and O–H groups in total. The summed E-state index contributed by atoms with van der Waals surface area (Å²) >= 11 is 0. The van der Waals surface area contributed by atoms with Crippen LogP contribution >= 0.6 is 0 Å². The van der Waals surface area contributed by atoms with E-state index in [4.69, 9.17) is 5.11 Å². The highest BCUT2D eigenvalue weighted by Gasteiger charge is 2.23. The van der Waals surface area contributed by atoms with E-state index >= 15 is 0 Å². The highest BCUT2D eigenvalue weighted by molar-refractivity contribution is 5.67. The van der Waals surface area contributed by atoms with Crippen LogP contribution in [0.5, 0.6) is 0 Å². The highest BCUT2D eigenvalue weighted by atomic mass is 16.4. The van der Waals surface area contributed by atoms with Gasteiger partial charge in [0.15, 0.2) is 5.82 Å². The second-order valence-corrected chi connectivity index (χ2v) is 5.17. The van der Waals surface area contributed by atoms with Gasteiger partial charge in [0.25, 0.3) is 0 Å². The predicted molar refractivity (Wildman–Crippen MR) is 67.1 cm³/mol. The van der Waals surface area contributed by atoms with Gasteiger partial charge in [-0.2, -0.15) is 0 Å². The van der Waals surface area contributed by atoms with Gasteiger partial charge in [-0.3, -0.25) is 4.79 Å². The van der Waals surface area contributed by atoms with Crippen LogP contribution in [0.4, 0.5) is 0 Å². The summed E-state index contributed by atoms with van der Waals surface area (Å²) in [6.07, 6.45) is 1.89. The first kappa shape index (κ1) is 14.6. The van der Waals surface area contributed by atoms with E-state index in [-0.39, 0.29) is 18.4 Å². The Balaban J connectivity index is 2.91. The lowest BCUT2D eigenvalue weighted by Crippen LogP contribution is -2.23. The largest absolute Gasteiger partial charge is 0.481 e. The molecule has 1 aromatic rings. The maximum absolute atomic E-state index is 10.9. The van der Waals surface area contributed by atoms with Crippen LogP contribution in [0.3, 0.4) is 0 Å². The standard InChI is InChI=1S/C12H22N4O2/c1-5-9(4)6-11-13-14-15-16(11)10(8(2)3)7-12(17)18/h8-10H,5-7H2,1-4H3,(H,17,18). The van der Waals surface area contributed by atoms with Crippen molar-refractivity contribution in [3.63, 3.8) is 0 Å². The van der Waals surface area contributed by atoms with Gasteiger partial charge in [-0.1, -0.05) is 34.1 Å². The van der Waals surface area contributed by atoms with Crippen molar-refractivity contribution in [2.45, 2.75) is 53.0 Å². The Morgan fingerprint density at radius 2 is 2.06 bits per heavy atom. The van der Waals surface area contributed by atoms with Crippen LogP contribution in [0.15, 0.2) is 0 Å². The van der Waals surface area contributed by atoms with E-state index in [1.807, 2.05) is 13.8 Å². The van der Waals surface area contributed by atoms with Crippen LogP contribution in [0.1, 0.15) is 52.4 Å². The summed E-state index contributed by atoms with van der Waals surface area (Å²) in [5.74, 6) is 0.635. The van der Waals surface area contributed by atoms with Gasteiger partial charge in [0.05, 0.1) is 12.5 Å². The van der Waals surface area contributed by atoms with E-state index in [1.54, 1.807) is 4.68 Å². The summed E-state index contributed by atoms with van der Waals surface area (Å²) in [5.41, 5.74) is 0. The molecule has 0 saturated carbocycles. The van der Waals surface area contributed by atoms with Crippen molar-refractivity contribution in [3.05, 3.63) is 5.82 Å². The van der Waals surface area contributed by atoms with E-state index < -0.39 is 5.97 Å². The molecule has 0 fully saturated rings. The third-order valence-corrected chi connectivity index (χ3v) is 3.26. The molecule has 0 aliphatic rings. The van der Waals surface area contributed by atoms with Gasteiger partial charge in [-0.15, -0.1) is 5.10 Å². The third kappa shape index (κ3) is 3.78. The number of nitrogens with zero attached hydrogens (tertiary/aromatic N) is 4. The number of aliphatic carboxylic acids is 1. The second kappa shape index (κ2) is 6.47. The minimum absolute atomic E-state index is 0.0518. The molecule has 0 aromatic carbocycles. The lowest BCUT2D eigenvalue weighted by atomic mass is 10.00. The zero-order valence-corrected chi connectivity index (χ0v) is 11.5. The molecule has 0 aliphatic heterocycles. The van der Waals surface area contributed by atoms with Crippen LogP contribution in [0.25, 0.3) is 0 Å². The smallest absolute Gasteiger partial charge is 0.305 e. The molecule has 102 valence electrons. The van der Waals surface area contributed by atoms with Crippen molar-refractivity contribution < 1.29 is 9.90 Å². The van der Waals surface area contributed by atoms with Crippen LogP contribution in [-0.4, -0.2) is 31.3 Å². The number of carbonyl (C=O) groups is 1. The first-order chi connectivity index (χ1) is 8.45. The van der Waals surface area contributed by atoms with Crippen molar-refractivity contribution in [2.24, 2.45) is 11.8 Å². The van der Waals surface area contributed by atoms with Gasteiger partial charge < -0.3 is 5.11 Å². The van der Waals surface area contributed by atoms with Crippen molar-refractivity contribution in [3.8, 4) is 0 Å². The van der Waals surface area contributed by atoms with Gasteiger partial charge >= 0.3 is 5.97 Å². The minimum Gasteiger partial charge on any atom is -0.481 e. The molecule has 0 spiro atoms. The molecule has 0 saturated heterocycles. The summed E-state index contributed by atoms with van der Waals surface area (Å²) in [6.45, 7) is 8.24. The Labute approximate surface area is 107 Å². The number of rotatable bonds is 7. The maximum atomic E-state index is 10.9. The van der Waals surface area contributed by atoms with Gasteiger partial charge in [0.2, 0.25) is 0 Å². The van der Waals surface area contributed by atoms with Crippen LogP contribution < -0.4 is 0 Å². The zero-order valence-electron chi connectivity index (χ0n) is 11.5. The average Bonchev–Trinajstić information content (AvgIpc) is 2.73. The van der Waals surface area contributed by atoms with Crippen molar-refractivity contribution in [2.75, 3.05) is 0 Å². The van der Waals surface area contributed by atoms with Crippen LogP contribution in [0.2, 0.25) is 0 Å². The lowest BCUT2D eigenvalue weighted by molar-refractivity contribution is -0.138. The van der Waals surface area contributed by atoms with E-state index in [0.717, 1.165) is 18.7 Å². The molecule has 6 nitrogen and oxygen atoms in total. The number of hydrogen-bond donors (Lipinski definition) is 1. The molecular formula is C12H22N4O2. The van der Waals surface area contributed by atoms with Crippen molar-refractivity contribution in [1.82, 2.24) is 20.2 Å². The van der Waals surface area contributed by atoms with Crippen molar-refractivity contribution in [1.29, 1.82) is 0 Å². The monoisotopic (exact) mass is 254 g/mol. The number of carboxylic acids is 1. The summed E-state index contributed by atoms with van der Waals surface area (Å²) in [7, 11) is 0. The molecule has 0 bridgehead atoms. The molecular weight excluding hydrogens is 232 g/mol. The Hall–Kier alpha value is -1.46. The van der Waals surface area contributed by atoms with Gasteiger partial charge in [0.1, 0.15) is 0 Å². The first-order valence-electron chi connectivity index (χ1n) is 6.44. The molecule has 1 rings (SSSR count). The third-order valence-electron chi connectivity index (χ3n) is 3.26. The highest BCUT2D eigenvalue weighted by Crippen LogP contribution is 2.22. The molecule has 0 aliphatic carbocycles. The molecule has 18 heavy (non-hydrogen) atoms. The van der Waals surface area contributed by atoms with Gasteiger partial charge in [0, 0.05) is 6.42 Å². The van der Waals surface area contributed by atoms with Gasteiger partial charge in [-0.25, -0.2) is 4.68 Å². The summed E-state index contributed by atoms with van der Waals surface area (Å²) in [6, 6.07) is -0.184. The molecule has 2 unspecified atom stereocenters. The second-order valence-electron chi connectivity index (χ2n) is 5.17. The van der Waals surface area contributed by atoms with E-state index in [9.17, 15) is 4.79 Å². The normalized spacial score (nSPS) is 14.7. The summed E-state index contributed by atoms with van der Waals surface area (Å²) in [5, 5.41) is 20.7. The number of aromatic nitrogens is 4. The number of tetrazole rings is 1. The Morgan fingerprint density at radius 3 is 2.56 bits per heavy atom. The van der Waals surface area contributed by atoms with Crippen molar-refractivity contribution >= 4 is 5.97 Å². The maximum Gasteiger partial charge on any atom is 0.305 e. The molecule has 0 radical (unpaired) electrons. The fourth-order valence-electron chi connectivity index (χ4n) is 1.84. The molecule has 1 aromatic heterocycles. The Morgan fingerprint density at radius 1 is 1.39 bits per heavy atom. The predicted octanol–water partition coefficient (Wildman–Crippen LogP) is 1.93. The number of carboxylic acid groups (broad SMARTS) is 1. The van der Waals surface area contributed by atoms with E-state index in [1.165, 1.54) is 0 Å². The summed E-state index contributed by atoms with van der Waals surface area (Å²) < 4.78 is 1.69. The SMILES string of the molecule is CCC(C)Cc1nnnn1C(CC(=O)O)C(C)C. The molecule has 6 heteroatoms. The topological polar surface area (TPSA) is 80.9 Å². The average molecular weight is 254 g/mol. The fraction of sp³-hybridized carbons (Fsp3) is 0.833. The Kier molecular flexibility index (Phi) is 5.25. The van der Waals surface area contributed by atoms with E-state index in [0.29, 0.717) is 5.92 Å². The van der Waals surface area contributed by atoms with Gasteiger partial charge in [-0.05, 0) is 22.3 Å². The minimum atomic E-state index is -0.821. The summed E-state index contributed by atoms with van der Waals surface area (Å²) in [4.78, 5) is 10.9. The molecule has 1 heterocycles. The number of hydrogen-bond acceptors (Lipinski definition) is 4. The molecule has 2 atom stereocenters. The molecule has 0 amide bonds. The fourth-order valence-corrected chi connectivity index (χ4v) is 1.84. The lowest BCUT2D eigenvalue weighted by Gasteiger charge is -2.20. The zero-order chi connectivity index (χ0) is 13.7. The van der Waals surface area contributed by atoms with Crippen LogP contribution in [-0.2, 0) is 11.2 Å². The first-order valence-corrected chi connectivity index (χ1v) is 6.44. The van der Waals surface area contributed by atoms with E-state index in [2.05, 4.69) is 29.4 Å².